The molecule has 652 valence electrons. The highest BCUT2D eigenvalue weighted by Gasteiger charge is 2.37. The predicted molar refractivity (Wildman–Crippen MR) is 460 cm³/mol. The fourth-order valence-corrected chi connectivity index (χ4v) is 21.3. The number of aryl methyl sites for hydroxylation is 3. The number of nitrogens with two attached hydrogens (primary N) is 1. The zero-order chi connectivity index (χ0) is 85.6. The largest absolute Gasteiger partial charge is 0.481 e. The minimum atomic E-state index is -0.923. The van der Waals surface area contributed by atoms with Crippen molar-refractivity contribution >= 4 is 147 Å². The van der Waals surface area contributed by atoms with Crippen molar-refractivity contribution in [3.63, 3.8) is 0 Å². The highest BCUT2D eigenvalue weighted by molar-refractivity contribution is 7.18. The zero-order valence-electron chi connectivity index (χ0n) is 70.5. The minimum absolute atomic E-state index is 0.0501. The van der Waals surface area contributed by atoms with Gasteiger partial charge in [-0.3, -0.25) is 38.7 Å². The van der Waals surface area contributed by atoms with Crippen molar-refractivity contribution in [1.29, 1.82) is 0 Å². The number of nitrogen functional groups attached to an aromatic ring is 1. The fourth-order valence-electron chi connectivity index (χ4n) is 15.0. The lowest BCUT2D eigenvalue weighted by Gasteiger charge is -2.33. The van der Waals surface area contributed by atoms with Crippen LogP contribution in [0.5, 0.6) is 0 Å². The number of anilines is 5. The van der Waals surface area contributed by atoms with Gasteiger partial charge in [0, 0.05) is 70.0 Å². The summed E-state index contributed by atoms with van der Waals surface area (Å²) in [6.45, 7) is 30.7. The molecule has 2 saturated heterocycles. The number of morpholine rings is 2. The highest BCUT2D eigenvalue weighted by atomic mass is 32.1. The second-order valence-corrected chi connectivity index (χ2v) is 35.8. The van der Waals surface area contributed by atoms with Crippen LogP contribution in [0.3, 0.4) is 0 Å². The lowest BCUT2D eigenvalue weighted by atomic mass is 9.72. The molecule has 3 aliphatic heterocycles. The first-order chi connectivity index (χ1) is 56.7. The lowest BCUT2D eigenvalue weighted by Crippen LogP contribution is -2.41. The molecule has 118 heavy (non-hydrogen) atoms. The number of methoxy groups -OCH3 is 1. The number of amides is 5. The van der Waals surface area contributed by atoms with Crippen LogP contribution in [0.15, 0.2) is 0 Å². The number of hydrogen-bond acceptors (Lipinski definition) is 28. The van der Waals surface area contributed by atoms with Crippen molar-refractivity contribution < 1.29 is 95.7 Å². The SMILES string of the molecule is CCOC(=O)c1c(N)sc2c1CCN(C(=O)OCC)C2.CCOC(=O)c1c(NC(=O)CN(CC)CC)sc2c1CCCC2.CCOC(=O)c1c(NC(=O)CN2CCOCC2)sc2c1CCCC2.CCOC(=O)c1c(NC(=O)CN2CCOCC2)sc2c1CCCCC2.COC(=O)c1c(NC(=O)CCCC(=O)O)sc2c1CCC(C(C)(C)C)C2. The Kier molecular flexibility index (Phi) is 38.8. The molecule has 5 aromatic heterocycles. The Morgan fingerprint density at radius 3 is 1.28 bits per heavy atom. The molecule has 5 amide bonds. The smallest absolute Gasteiger partial charge is 0.410 e. The average Bonchev–Trinajstić information content (AvgIpc) is 1.60. The number of nitrogens with one attached hydrogen (secondary N) is 4. The van der Waals surface area contributed by atoms with E-state index in [0.717, 1.165) is 173 Å². The van der Waals surface area contributed by atoms with Gasteiger partial charge in [0.2, 0.25) is 23.6 Å². The molecular weight excluding hydrogens is 1620 g/mol. The number of nitrogens with zero attached hydrogens (tertiary/aromatic N) is 4. The van der Waals surface area contributed by atoms with Gasteiger partial charge < -0.3 is 74.9 Å². The topological polar surface area (TPSA) is 369 Å². The molecule has 4 aliphatic carbocycles. The molecule has 1 atom stereocenters. The number of esters is 5. The highest BCUT2D eigenvalue weighted by Crippen LogP contribution is 2.46. The molecule has 1 unspecified atom stereocenters. The molecule has 0 radical (unpaired) electrons. The molecule has 7 N–H and O–H groups in total. The number of fused-ring (bicyclic) bond motifs is 5. The number of carboxylic acid groups (broad SMARTS) is 1. The predicted octanol–water partition coefficient (Wildman–Crippen LogP) is 13.5. The minimum Gasteiger partial charge on any atom is -0.481 e. The quantitative estimate of drug-likeness (QED) is 0.0170. The van der Waals surface area contributed by atoms with E-state index in [-0.39, 0.29) is 78.3 Å². The third-order valence-corrected chi connectivity index (χ3v) is 27.0. The number of carbonyl (C=O) groups is 11. The van der Waals surface area contributed by atoms with Gasteiger partial charge in [-0.05, 0) is 196 Å². The van der Waals surface area contributed by atoms with Crippen molar-refractivity contribution in [2.75, 3.05) is 159 Å². The summed E-state index contributed by atoms with van der Waals surface area (Å²) in [5, 5.41) is 23.3. The van der Waals surface area contributed by atoms with Gasteiger partial charge >= 0.3 is 41.9 Å². The van der Waals surface area contributed by atoms with E-state index in [1.807, 2.05) is 18.7 Å². The van der Waals surface area contributed by atoms with Crippen LogP contribution < -0.4 is 27.0 Å². The zero-order valence-corrected chi connectivity index (χ0v) is 74.6. The lowest BCUT2D eigenvalue weighted by molar-refractivity contribution is -0.137. The maximum absolute atomic E-state index is 12.5. The number of carbonyl (C=O) groups excluding carboxylic acids is 10. The van der Waals surface area contributed by atoms with E-state index in [4.69, 9.17) is 48.7 Å². The van der Waals surface area contributed by atoms with Gasteiger partial charge in [-0.2, -0.15) is 0 Å². The first kappa shape index (κ1) is 95.5. The molecule has 0 spiro atoms. The standard InChI is InChI=1S/C19H27NO5S.C18H26N2O4S.C17H24N2O4S.C17H26N2O3S.C13H18N2O4S/c1-19(2,3)11-8-9-12-13(10-11)26-17(16(12)18(24)25-4)20-14(21)6-5-7-15(22)23;1-2-24-18(22)16-13-6-4-3-5-7-14(13)25-17(16)19-15(21)12-20-8-10-23-11-9-20;1-2-23-17(21)15-12-5-3-4-6-13(12)24-16(15)18-14(20)11-19-7-9-22-10-8-19;1-4-19(5-2)11-14(20)18-16-15(17(21)22-6-3)12-9-7-8-10-13(12)23-16;1-3-18-12(16)10-8-5-6-15(13(17)19-4-2)7-9(8)20-11(10)14/h11H,5-10H2,1-4H3,(H,20,21)(H,22,23);2-12H2,1H3,(H,19,21);2-11H2,1H3,(H,18,20);4-11H2,1-3H3,(H,18,20);3-7,14H2,1-2H3. The Balaban J connectivity index is 0.000000184. The molecule has 0 bridgehead atoms. The second-order valence-electron chi connectivity index (χ2n) is 30.3. The summed E-state index contributed by atoms with van der Waals surface area (Å²) in [5.74, 6) is -2.67. The van der Waals surface area contributed by atoms with E-state index < -0.39 is 11.9 Å². The molecule has 0 saturated carbocycles. The van der Waals surface area contributed by atoms with Crippen LogP contribution in [0.2, 0.25) is 0 Å². The molecule has 7 aliphatic rings. The van der Waals surface area contributed by atoms with Gasteiger partial charge in [0.15, 0.2) is 0 Å². The molecule has 2 fully saturated rings. The average molecular weight is 1740 g/mol. The normalized spacial score (nSPS) is 16.2. The van der Waals surface area contributed by atoms with Crippen LogP contribution in [0, 0.1) is 11.3 Å². The fraction of sp³-hybridized carbons (Fsp3) is 0.631. The van der Waals surface area contributed by atoms with Crippen molar-refractivity contribution in [1.82, 2.24) is 19.6 Å². The third kappa shape index (κ3) is 27.3. The Morgan fingerprint density at radius 2 is 0.847 bits per heavy atom. The van der Waals surface area contributed by atoms with Gasteiger partial charge in [-0.25, -0.2) is 28.8 Å². The van der Waals surface area contributed by atoms with Crippen LogP contribution in [0.4, 0.5) is 29.8 Å². The van der Waals surface area contributed by atoms with E-state index in [1.165, 1.54) is 73.5 Å². The van der Waals surface area contributed by atoms with Gasteiger partial charge in [-0.1, -0.05) is 41.0 Å². The molecule has 8 heterocycles. The van der Waals surface area contributed by atoms with Crippen molar-refractivity contribution in [2.24, 2.45) is 11.3 Å². The summed E-state index contributed by atoms with van der Waals surface area (Å²) in [7, 11) is 1.34. The van der Waals surface area contributed by atoms with Crippen LogP contribution in [-0.2, 0) is 126 Å². The Morgan fingerprint density at radius 1 is 0.458 bits per heavy atom. The van der Waals surface area contributed by atoms with Gasteiger partial charge in [-0.15, -0.1) is 56.7 Å². The van der Waals surface area contributed by atoms with E-state index in [1.54, 1.807) is 50.9 Å². The first-order valence-electron chi connectivity index (χ1n) is 41.6. The summed E-state index contributed by atoms with van der Waals surface area (Å²) in [6, 6.07) is 0. The Hall–Kier alpha value is -7.93. The summed E-state index contributed by atoms with van der Waals surface area (Å²) >= 11 is 7.39. The third-order valence-electron chi connectivity index (χ3n) is 21.2. The van der Waals surface area contributed by atoms with E-state index in [2.05, 4.69) is 51.8 Å². The van der Waals surface area contributed by atoms with Gasteiger partial charge in [0.05, 0.1) is 121 Å². The summed E-state index contributed by atoms with van der Waals surface area (Å²) in [4.78, 5) is 147. The first-order valence-corrected chi connectivity index (χ1v) is 45.7. The van der Waals surface area contributed by atoms with E-state index in [9.17, 15) is 52.7 Å². The Labute approximate surface area is 712 Å². The number of carboxylic acids is 1. The number of ether oxygens (including phenoxy) is 8. The van der Waals surface area contributed by atoms with E-state index in [0.29, 0.717) is 157 Å². The monoisotopic (exact) mass is 1740 g/mol. The molecule has 12 rings (SSSR count). The molecule has 5 aromatic rings. The number of likely N-dealkylation sites (N-methyl/N-ethyl adjacent to an activating group) is 1. The summed E-state index contributed by atoms with van der Waals surface area (Å²) in [5.41, 5.74) is 13.9. The summed E-state index contributed by atoms with van der Waals surface area (Å²) in [6.07, 6.45) is 16.7. The van der Waals surface area contributed by atoms with Crippen LogP contribution in [0.25, 0.3) is 0 Å². The maximum Gasteiger partial charge on any atom is 0.410 e. The van der Waals surface area contributed by atoms with Gasteiger partial charge in [0.25, 0.3) is 0 Å². The molecule has 34 heteroatoms. The Bertz CT molecular complexity index is 4250. The van der Waals surface area contributed by atoms with Crippen molar-refractivity contribution in [3.05, 3.63) is 80.0 Å². The second kappa shape index (κ2) is 47.9. The maximum atomic E-state index is 12.5. The number of hydrogen-bond donors (Lipinski definition) is 6. The van der Waals surface area contributed by atoms with E-state index >= 15 is 0 Å². The number of rotatable bonds is 26. The van der Waals surface area contributed by atoms with Crippen LogP contribution >= 0.6 is 56.7 Å². The van der Waals surface area contributed by atoms with Crippen LogP contribution in [-0.4, -0.2) is 222 Å². The van der Waals surface area contributed by atoms with Crippen LogP contribution in [0.1, 0.15) is 244 Å². The van der Waals surface area contributed by atoms with Gasteiger partial charge in [0.1, 0.15) is 25.0 Å². The molecular formula is C84H121N9O20S5. The molecule has 29 nitrogen and oxygen atoms in total. The number of thiophene rings is 5. The summed E-state index contributed by atoms with van der Waals surface area (Å²) < 4.78 is 41.2. The van der Waals surface area contributed by atoms with Crippen molar-refractivity contribution in [2.45, 2.75) is 204 Å². The number of aliphatic carboxylic acids is 1. The molecule has 0 aromatic carbocycles. The van der Waals surface area contributed by atoms with Crippen molar-refractivity contribution in [3.8, 4) is 0 Å².